The van der Waals surface area contributed by atoms with Crippen molar-refractivity contribution in [1.82, 2.24) is 0 Å². The Balaban J connectivity index is 1.50. The monoisotopic (exact) mass is 431 g/mol. The molecule has 0 radical (unpaired) electrons. The van der Waals surface area contributed by atoms with Crippen molar-refractivity contribution in [1.29, 1.82) is 0 Å². The van der Waals surface area contributed by atoms with Crippen LogP contribution in [0.4, 0.5) is 16.4 Å². The fourth-order valence-corrected chi connectivity index (χ4v) is 5.47. The van der Waals surface area contributed by atoms with E-state index >= 15 is 0 Å². The number of anilines is 1. The fraction of sp³-hybridized carbons (Fsp3) is 0.320. The van der Waals surface area contributed by atoms with Gasteiger partial charge in [-0.15, -0.1) is 21.6 Å². The summed E-state index contributed by atoms with van der Waals surface area (Å²) in [7, 11) is 0. The van der Waals surface area contributed by atoms with Crippen molar-refractivity contribution in [2.45, 2.75) is 32.6 Å². The lowest BCUT2D eigenvalue weighted by atomic mass is 9.91. The van der Waals surface area contributed by atoms with Crippen LogP contribution in [-0.2, 0) is 17.6 Å². The molecule has 0 saturated carbocycles. The number of nitrogens with zero attached hydrogens (tertiary/aromatic N) is 3. The number of ether oxygens (including phenoxy) is 1. The highest BCUT2D eigenvalue weighted by molar-refractivity contribution is 7.19. The molecule has 2 aliphatic heterocycles. The van der Waals surface area contributed by atoms with Gasteiger partial charge >= 0.3 is 5.97 Å². The van der Waals surface area contributed by atoms with Crippen molar-refractivity contribution in [3.05, 3.63) is 65.2 Å². The van der Waals surface area contributed by atoms with Crippen LogP contribution < -0.4 is 4.90 Å². The molecule has 0 fully saturated rings. The molecule has 0 spiro atoms. The number of aryl methyl sites for hydroxylation is 2. The van der Waals surface area contributed by atoms with Gasteiger partial charge in [-0.3, -0.25) is 0 Å². The van der Waals surface area contributed by atoms with Crippen molar-refractivity contribution < 1.29 is 9.53 Å². The Labute approximate surface area is 186 Å². The molecule has 0 aliphatic carbocycles. The smallest absolute Gasteiger partial charge is 0.341 e. The molecule has 0 unspecified atom stereocenters. The van der Waals surface area contributed by atoms with Crippen LogP contribution in [0.15, 0.2) is 58.8 Å². The normalized spacial score (nSPS) is 15.2. The van der Waals surface area contributed by atoms with Gasteiger partial charge in [0, 0.05) is 23.7 Å². The van der Waals surface area contributed by atoms with Gasteiger partial charge in [-0.1, -0.05) is 30.3 Å². The zero-order chi connectivity index (χ0) is 21.2. The molecule has 31 heavy (non-hydrogen) atoms. The van der Waals surface area contributed by atoms with E-state index < -0.39 is 0 Å². The van der Waals surface area contributed by atoms with Crippen LogP contribution in [0.1, 0.15) is 41.3 Å². The van der Waals surface area contributed by atoms with Gasteiger partial charge in [0.25, 0.3) is 0 Å². The maximum Gasteiger partial charge on any atom is 0.341 e. The van der Waals surface area contributed by atoms with E-state index in [-0.39, 0.29) is 5.97 Å². The minimum Gasteiger partial charge on any atom is -0.462 e. The first-order valence-corrected chi connectivity index (χ1v) is 11.7. The van der Waals surface area contributed by atoms with E-state index in [1.165, 1.54) is 41.0 Å². The number of esters is 1. The minimum absolute atomic E-state index is 0.330. The van der Waals surface area contributed by atoms with Crippen LogP contribution in [-0.4, -0.2) is 25.7 Å². The third kappa shape index (κ3) is 4.00. The average Bonchev–Trinajstić information content (AvgIpc) is 3.23. The molecule has 0 N–H and O–H groups in total. The number of hydrogen-bond acceptors (Lipinski definition) is 6. The molecule has 5 nitrogen and oxygen atoms in total. The topological polar surface area (TPSA) is 54.3 Å². The fourth-order valence-electron chi connectivity index (χ4n) is 4.50. The summed E-state index contributed by atoms with van der Waals surface area (Å²) < 4.78 is 5.26. The lowest BCUT2D eigenvalue weighted by molar-refractivity contribution is 0.0528. The van der Waals surface area contributed by atoms with Crippen LogP contribution in [0, 0.1) is 0 Å². The highest BCUT2D eigenvalue weighted by atomic mass is 32.1. The van der Waals surface area contributed by atoms with Crippen molar-refractivity contribution in [3.8, 4) is 10.4 Å². The number of rotatable bonds is 5. The average molecular weight is 432 g/mol. The summed E-state index contributed by atoms with van der Waals surface area (Å²) >= 11 is 1.47. The van der Waals surface area contributed by atoms with Gasteiger partial charge in [-0.2, -0.15) is 0 Å². The maximum absolute atomic E-state index is 12.5. The van der Waals surface area contributed by atoms with Crippen molar-refractivity contribution in [2.75, 3.05) is 24.6 Å². The molecular formula is C25H25N3O2S. The number of carbonyl (C=O) groups is 1. The van der Waals surface area contributed by atoms with Gasteiger partial charge in [0.15, 0.2) is 5.00 Å². The summed E-state index contributed by atoms with van der Waals surface area (Å²) in [5, 5.41) is 9.67. The van der Waals surface area contributed by atoms with E-state index in [0.717, 1.165) is 42.1 Å². The van der Waals surface area contributed by atoms with Crippen LogP contribution in [0.25, 0.3) is 10.4 Å². The zero-order valence-electron chi connectivity index (χ0n) is 17.6. The summed E-state index contributed by atoms with van der Waals surface area (Å²) in [5.74, 6) is -0.356. The van der Waals surface area contributed by atoms with Crippen molar-refractivity contribution >= 4 is 33.7 Å². The molecule has 0 bridgehead atoms. The first-order chi connectivity index (χ1) is 15.2. The number of benzene rings is 2. The van der Waals surface area contributed by atoms with E-state index in [2.05, 4.69) is 27.3 Å². The highest BCUT2D eigenvalue weighted by Gasteiger charge is 2.24. The maximum atomic E-state index is 12.5. The number of hydrogen-bond donors (Lipinski definition) is 0. The van der Waals surface area contributed by atoms with E-state index in [9.17, 15) is 4.79 Å². The third-order valence-corrected chi connectivity index (χ3v) is 6.91. The van der Waals surface area contributed by atoms with Crippen molar-refractivity contribution in [2.24, 2.45) is 10.2 Å². The van der Waals surface area contributed by atoms with E-state index in [1.54, 1.807) is 0 Å². The van der Waals surface area contributed by atoms with Crippen LogP contribution in [0.2, 0.25) is 0 Å². The van der Waals surface area contributed by atoms with Gasteiger partial charge < -0.3 is 9.64 Å². The second-order valence-electron chi connectivity index (χ2n) is 7.92. The molecular weight excluding hydrogens is 406 g/mol. The Morgan fingerprint density at radius 3 is 2.42 bits per heavy atom. The molecule has 0 amide bonds. The molecule has 1 aromatic heterocycles. The summed E-state index contributed by atoms with van der Waals surface area (Å²) in [4.78, 5) is 16.0. The third-order valence-electron chi connectivity index (χ3n) is 5.84. The standard InChI is InChI=1S/C25H25N3O2S/c1-2-30-25(29)21-16-22(17-8-4-3-5-9-17)31-24(21)27-26-20-14-18-10-6-12-28-13-7-11-19(15-20)23(18)28/h3-5,8-9,14-16H,2,6-7,10-13H2,1H3. The SMILES string of the molecule is CCOC(=O)c1cc(-c2ccccc2)sc1N=Nc1cc2c3c(c1)CCCN3CCC2. The zero-order valence-corrected chi connectivity index (χ0v) is 18.5. The van der Waals surface area contributed by atoms with Crippen LogP contribution in [0.5, 0.6) is 0 Å². The molecule has 2 aromatic carbocycles. The molecule has 3 aromatic rings. The van der Waals surface area contributed by atoms with Gasteiger partial charge in [0.2, 0.25) is 0 Å². The molecule has 0 saturated heterocycles. The molecule has 6 heteroatoms. The lowest BCUT2D eigenvalue weighted by Crippen LogP contribution is -2.34. The van der Waals surface area contributed by atoms with E-state index in [1.807, 2.05) is 43.3 Å². The molecule has 158 valence electrons. The van der Waals surface area contributed by atoms with Gasteiger partial charge in [0.05, 0.1) is 17.9 Å². The van der Waals surface area contributed by atoms with Gasteiger partial charge in [-0.05, 0) is 67.5 Å². The summed E-state index contributed by atoms with van der Waals surface area (Å²) in [5.41, 5.74) is 6.56. The predicted molar refractivity (Wildman–Crippen MR) is 125 cm³/mol. The second kappa shape index (κ2) is 8.63. The quantitative estimate of drug-likeness (QED) is 0.333. The molecule has 0 atom stereocenters. The van der Waals surface area contributed by atoms with Gasteiger partial charge in [-0.25, -0.2) is 4.79 Å². The Morgan fingerprint density at radius 1 is 1.03 bits per heavy atom. The largest absolute Gasteiger partial charge is 0.462 e. The van der Waals surface area contributed by atoms with Crippen LogP contribution >= 0.6 is 11.3 Å². The Kier molecular flexibility index (Phi) is 5.55. The predicted octanol–water partition coefficient (Wildman–Crippen LogP) is 6.71. The summed E-state index contributed by atoms with van der Waals surface area (Å²) in [6.07, 6.45) is 4.55. The number of carbonyl (C=O) groups excluding carboxylic acids is 1. The Hall–Kier alpha value is -2.99. The summed E-state index contributed by atoms with van der Waals surface area (Å²) in [6.45, 7) is 4.45. The Bertz CT molecular complexity index is 1110. The summed E-state index contributed by atoms with van der Waals surface area (Å²) in [6, 6.07) is 16.2. The second-order valence-corrected chi connectivity index (χ2v) is 8.95. The first kappa shape index (κ1) is 19.9. The van der Waals surface area contributed by atoms with E-state index in [0.29, 0.717) is 17.2 Å². The van der Waals surface area contributed by atoms with Gasteiger partial charge in [0.1, 0.15) is 0 Å². The van der Waals surface area contributed by atoms with Crippen molar-refractivity contribution in [3.63, 3.8) is 0 Å². The molecule has 5 rings (SSSR count). The number of thiophene rings is 1. The number of azo groups is 1. The van der Waals surface area contributed by atoms with Crippen LogP contribution in [0.3, 0.4) is 0 Å². The Morgan fingerprint density at radius 2 is 1.74 bits per heavy atom. The highest BCUT2D eigenvalue weighted by Crippen LogP contribution is 2.41. The molecule has 2 aliphatic rings. The minimum atomic E-state index is -0.356. The van der Waals surface area contributed by atoms with E-state index in [4.69, 9.17) is 4.74 Å². The molecule has 3 heterocycles. The first-order valence-electron chi connectivity index (χ1n) is 10.9. The lowest BCUT2D eigenvalue weighted by Gasteiger charge is -2.36.